The van der Waals surface area contributed by atoms with Crippen molar-refractivity contribution < 1.29 is 0 Å². The van der Waals surface area contributed by atoms with Gasteiger partial charge in [0.2, 0.25) is 5.95 Å². The number of benzene rings is 1. The summed E-state index contributed by atoms with van der Waals surface area (Å²) in [7, 11) is 0. The second-order valence-electron chi connectivity index (χ2n) is 7.25. The Morgan fingerprint density at radius 3 is 2.52 bits per heavy atom. The maximum absolute atomic E-state index is 6.09. The second kappa shape index (κ2) is 6.32. The van der Waals surface area contributed by atoms with E-state index in [-0.39, 0.29) is 5.54 Å². The Hall–Kier alpha value is -1.88. The van der Waals surface area contributed by atoms with Crippen LogP contribution in [-0.2, 0) is 0 Å². The molecule has 0 radical (unpaired) electrons. The Morgan fingerprint density at radius 1 is 1.13 bits per heavy atom. The standard InChI is InChI=1S/C18H27N5/c1-18(2,13-9-7-12(11-19)8-10-13)23-17-21-15-6-4-3-5-14(15)16(20)22-17/h3-6,12-13H,7-11,19H2,1-2H3,(H3,20,21,22,23). The molecule has 0 amide bonds. The lowest BCUT2D eigenvalue weighted by atomic mass is 9.73. The van der Waals surface area contributed by atoms with Crippen LogP contribution in [0.25, 0.3) is 10.9 Å². The van der Waals surface area contributed by atoms with Gasteiger partial charge in [0.05, 0.1) is 5.52 Å². The average Bonchev–Trinajstić information content (AvgIpc) is 2.54. The van der Waals surface area contributed by atoms with Crippen molar-refractivity contribution in [1.29, 1.82) is 0 Å². The van der Waals surface area contributed by atoms with E-state index in [0.717, 1.165) is 17.4 Å². The van der Waals surface area contributed by atoms with E-state index in [0.29, 0.717) is 23.6 Å². The van der Waals surface area contributed by atoms with E-state index in [2.05, 4.69) is 29.1 Å². The summed E-state index contributed by atoms with van der Waals surface area (Å²) in [6.45, 7) is 5.27. The molecule has 0 bridgehead atoms. The van der Waals surface area contributed by atoms with Gasteiger partial charge >= 0.3 is 0 Å². The van der Waals surface area contributed by atoms with Crippen LogP contribution in [0.5, 0.6) is 0 Å². The molecule has 1 aromatic heterocycles. The molecule has 5 N–H and O–H groups in total. The highest BCUT2D eigenvalue weighted by Crippen LogP contribution is 2.36. The molecule has 0 atom stereocenters. The topological polar surface area (TPSA) is 89.8 Å². The molecule has 3 rings (SSSR count). The fraction of sp³-hybridized carbons (Fsp3) is 0.556. The first kappa shape index (κ1) is 16.0. The van der Waals surface area contributed by atoms with Gasteiger partial charge in [0.15, 0.2) is 0 Å². The van der Waals surface area contributed by atoms with Crippen molar-refractivity contribution in [3.63, 3.8) is 0 Å². The molecule has 2 aromatic rings. The van der Waals surface area contributed by atoms with Crippen LogP contribution in [0.3, 0.4) is 0 Å². The molecule has 0 unspecified atom stereocenters. The zero-order valence-corrected chi connectivity index (χ0v) is 14.0. The first-order valence-electron chi connectivity index (χ1n) is 8.50. The maximum atomic E-state index is 6.09. The SMILES string of the molecule is CC(C)(Nc1nc(N)c2ccccc2n1)C1CCC(CN)CC1. The lowest BCUT2D eigenvalue weighted by Crippen LogP contribution is -2.42. The van der Waals surface area contributed by atoms with Crippen LogP contribution in [0, 0.1) is 11.8 Å². The minimum atomic E-state index is -0.0610. The molecule has 1 fully saturated rings. The molecule has 1 aliphatic carbocycles. The van der Waals surface area contributed by atoms with Gasteiger partial charge in [-0.15, -0.1) is 0 Å². The summed E-state index contributed by atoms with van der Waals surface area (Å²) >= 11 is 0. The summed E-state index contributed by atoms with van der Waals surface area (Å²) in [6.07, 6.45) is 4.83. The van der Waals surface area contributed by atoms with Crippen LogP contribution in [0.2, 0.25) is 0 Å². The predicted molar refractivity (Wildman–Crippen MR) is 96.2 cm³/mol. The van der Waals surface area contributed by atoms with Crippen molar-refractivity contribution in [3.8, 4) is 0 Å². The number of rotatable bonds is 4. The monoisotopic (exact) mass is 313 g/mol. The molecule has 23 heavy (non-hydrogen) atoms. The van der Waals surface area contributed by atoms with Crippen LogP contribution in [0.1, 0.15) is 39.5 Å². The number of nitrogens with zero attached hydrogens (tertiary/aromatic N) is 2. The summed E-state index contributed by atoms with van der Waals surface area (Å²) in [6, 6.07) is 7.85. The molecule has 0 saturated heterocycles. The van der Waals surface area contributed by atoms with E-state index in [4.69, 9.17) is 11.5 Å². The third kappa shape index (κ3) is 3.39. The van der Waals surface area contributed by atoms with Gasteiger partial charge in [0.1, 0.15) is 5.82 Å². The molecule has 0 aliphatic heterocycles. The summed E-state index contributed by atoms with van der Waals surface area (Å²) < 4.78 is 0. The minimum absolute atomic E-state index is 0.0610. The van der Waals surface area contributed by atoms with Gasteiger partial charge in [-0.2, -0.15) is 4.98 Å². The highest BCUT2D eigenvalue weighted by molar-refractivity contribution is 5.88. The van der Waals surface area contributed by atoms with Crippen molar-refractivity contribution in [2.75, 3.05) is 17.6 Å². The van der Waals surface area contributed by atoms with E-state index in [9.17, 15) is 0 Å². The molecule has 1 aliphatic rings. The Morgan fingerprint density at radius 2 is 1.83 bits per heavy atom. The first-order chi connectivity index (χ1) is 11.0. The fourth-order valence-electron chi connectivity index (χ4n) is 3.67. The smallest absolute Gasteiger partial charge is 0.225 e. The van der Waals surface area contributed by atoms with E-state index >= 15 is 0 Å². The molecular formula is C18H27N5. The number of nitrogens with two attached hydrogens (primary N) is 2. The van der Waals surface area contributed by atoms with Gasteiger partial charge in [-0.3, -0.25) is 0 Å². The van der Waals surface area contributed by atoms with Gasteiger partial charge in [-0.05, 0) is 70.0 Å². The number of hydrogen-bond donors (Lipinski definition) is 3. The van der Waals surface area contributed by atoms with Gasteiger partial charge in [0, 0.05) is 10.9 Å². The maximum Gasteiger partial charge on any atom is 0.225 e. The van der Waals surface area contributed by atoms with Crippen molar-refractivity contribution >= 4 is 22.7 Å². The number of para-hydroxylation sites is 1. The van der Waals surface area contributed by atoms with Crippen molar-refractivity contribution in [3.05, 3.63) is 24.3 Å². The van der Waals surface area contributed by atoms with E-state index < -0.39 is 0 Å². The number of anilines is 2. The van der Waals surface area contributed by atoms with Crippen LogP contribution in [0.15, 0.2) is 24.3 Å². The molecule has 5 nitrogen and oxygen atoms in total. The van der Waals surface area contributed by atoms with Gasteiger partial charge in [0.25, 0.3) is 0 Å². The lowest BCUT2D eigenvalue weighted by Gasteiger charge is -2.39. The highest BCUT2D eigenvalue weighted by atomic mass is 15.2. The Balaban J connectivity index is 1.78. The number of fused-ring (bicyclic) bond motifs is 1. The lowest BCUT2D eigenvalue weighted by molar-refractivity contribution is 0.213. The molecule has 1 saturated carbocycles. The third-order valence-corrected chi connectivity index (χ3v) is 5.27. The van der Waals surface area contributed by atoms with E-state index in [1.807, 2.05) is 24.3 Å². The van der Waals surface area contributed by atoms with Crippen LogP contribution < -0.4 is 16.8 Å². The molecule has 0 spiro atoms. The molecule has 124 valence electrons. The number of aromatic nitrogens is 2. The van der Waals surface area contributed by atoms with Crippen molar-refractivity contribution in [1.82, 2.24) is 9.97 Å². The molecule has 1 aromatic carbocycles. The Bertz CT molecular complexity index is 674. The van der Waals surface area contributed by atoms with Gasteiger partial charge in [-0.1, -0.05) is 12.1 Å². The second-order valence-corrected chi connectivity index (χ2v) is 7.25. The fourth-order valence-corrected chi connectivity index (χ4v) is 3.67. The summed E-state index contributed by atoms with van der Waals surface area (Å²) in [4.78, 5) is 9.07. The van der Waals surface area contributed by atoms with Gasteiger partial charge in [-0.25, -0.2) is 4.98 Å². The number of hydrogen-bond acceptors (Lipinski definition) is 5. The van der Waals surface area contributed by atoms with Crippen LogP contribution in [-0.4, -0.2) is 22.1 Å². The molecule has 5 heteroatoms. The third-order valence-electron chi connectivity index (χ3n) is 5.27. The molecular weight excluding hydrogens is 286 g/mol. The predicted octanol–water partition coefficient (Wildman–Crippen LogP) is 3.17. The largest absolute Gasteiger partial charge is 0.383 e. The summed E-state index contributed by atoms with van der Waals surface area (Å²) in [5.74, 6) is 2.43. The van der Waals surface area contributed by atoms with E-state index in [1.165, 1.54) is 25.7 Å². The van der Waals surface area contributed by atoms with Crippen LogP contribution in [0.4, 0.5) is 11.8 Å². The van der Waals surface area contributed by atoms with Crippen molar-refractivity contribution in [2.45, 2.75) is 45.1 Å². The Kier molecular flexibility index (Phi) is 4.39. The van der Waals surface area contributed by atoms with Crippen LogP contribution >= 0.6 is 0 Å². The summed E-state index contributed by atoms with van der Waals surface area (Å²) in [5.41, 5.74) is 12.7. The Labute approximate surface area is 137 Å². The quantitative estimate of drug-likeness (QED) is 0.806. The average molecular weight is 313 g/mol. The van der Waals surface area contributed by atoms with Crippen molar-refractivity contribution in [2.24, 2.45) is 17.6 Å². The number of nitrogen functional groups attached to an aromatic ring is 1. The highest BCUT2D eigenvalue weighted by Gasteiger charge is 2.33. The zero-order valence-electron chi connectivity index (χ0n) is 14.0. The van der Waals surface area contributed by atoms with E-state index in [1.54, 1.807) is 0 Å². The first-order valence-corrected chi connectivity index (χ1v) is 8.50. The zero-order chi connectivity index (χ0) is 16.4. The minimum Gasteiger partial charge on any atom is -0.383 e. The van der Waals surface area contributed by atoms with Gasteiger partial charge < -0.3 is 16.8 Å². The number of nitrogens with one attached hydrogen (secondary N) is 1. The summed E-state index contributed by atoms with van der Waals surface area (Å²) in [5, 5.41) is 4.42. The molecule has 1 heterocycles. The normalized spacial score (nSPS) is 22.2.